The molecule has 0 radical (unpaired) electrons. The van der Waals surface area contributed by atoms with E-state index in [1.165, 1.54) is 0 Å². The first-order chi connectivity index (χ1) is 12.5. The number of hydrogen-bond acceptors (Lipinski definition) is 2. The van der Waals surface area contributed by atoms with Gasteiger partial charge >= 0.3 is 0 Å². The maximum Gasteiger partial charge on any atom is 0.279 e. The second kappa shape index (κ2) is 8.54. The van der Waals surface area contributed by atoms with Crippen LogP contribution in [0.5, 0.6) is 0 Å². The highest BCUT2D eigenvalue weighted by atomic mass is 35.5. The summed E-state index contributed by atoms with van der Waals surface area (Å²) < 4.78 is 0. The zero-order valence-electron chi connectivity index (χ0n) is 14.2. The van der Waals surface area contributed by atoms with E-state index in [4.69, 9.17) is 23.2 Å². The Morgan fingerprint density at radius 1 is 1.00 bits per heavy atom. The van der Waals surface area contributed by atoms with Gasteiger partial charge in [-0.3, -0.25) is 9.59 Å². The van der Waals surface area contributed by atoms with Crippen molar-refractivity contribution in [2.75, 3.05) is 38.0 Å². The van der Waals surface area contributed by atoms with Crippen LogP contribution >= 0.6 is 23.2 Å². The second-order valence-electron chi connectivity index (χ2n) is 6.29. The number of anilines is 1. The number of piperazine rings is 1. The lowest BCUT2D eigenvalue weighted by Gasteiger charge is -2.32. The quantitative estimate of drug-likeness (QED) is 0.835. The van der Waals surface area contributed by atoms with E-state index in [1.54, 1.807) is 18.2 Å². The molecular formula is C19H20Cl2N3O2+. The number of carbonyl (C=O) groups is 2. The SMILES string of the molecule is O=C(C[NH+]1CCN(C(=O)c2ccccc2)CC1)Nc1cc(Cl)cc(Cl)c1. The Balaban J connectivity index is 1.49. The maximum absolute atomic E-state index is 12.4. The lowest BCUT2D eigenvalue weighted by molar-refractivity contribution is -0.895. The Hall–Kier alpha value is -2.08. The fraction of sp³-hybridized carbons (Fsp3) is 0.263. The van der Waals surface area contributed by atoms with Crippen molar-refractivity contribution in [2.45, 2.75) is 0 Å². The van der Waals surface area contributed by atoms with E-state index < -0.39 is 0 Å². The highest BCUT2D eigenvalue weighted by Crippen LogP contribution is 2.22. The number of halogens is 2. The molecule has 5 nitrogen and oxygen atoms in total. The fourth-order valence-electron chi connectivity index (χ4n) is 3.02. The van der Waals surface area contributed by atoms with E-state index in [0.717, 1.165) is 18.0 Å². The van der Waals surface area contributed by atoms with Crippen molar-refractivity contribution in [2.24, 2.45) is 0 Å². The first-order valence-corrected chi connectivity index (χ1v) is 9.21. The molecule has 1 saturated heterocycles. The summed E-state index contributed by atoms with van der Waals surface area (Å²) in [6, 6.07) is 14.2. The molecule has 0 spiro atoms. The van der Waals surface area contributed by atoms with Gasteiger partial charge in [0.25, 0.3) is 11.8 Å². The van der Waals surface area contributed by atoms with Crippen LogP contribution in [-0.4, -0.2) is 49.4 Å². The topological polar surface area (TPSA) is 53.9 Å². The molecular weight excluding hydrogens is 373 g/mol. The zero-order valence-corrected chi connectivity index (χ0v) is 15.7. The van der Waals surface area contributed by atoms with Gasteiger partial charge in [0.05, 0.1) is 26.2 Å². The molecule has 1 aliphatic heterocycles. The van der Waals surface area contributed by atoms with E-state index in [-0.39, 0.29) is 11.8 Å². The predicted molar refractivity (Wildman–Crippen MR) is 103 cm³/mol. The van der Waals surface area contributed by atoms with Gasteiger partial charge < -0.3 is 15.1 Å². The minimum absolute atomic E-state index is 0.0441. The van der Waals surface area contributed by atoms with Crippen molar-refractivity contribution in [3.63, 3.8) is 0 Å². The Bertz CT molecular complexity index is 770. The molecule has 136 valence electrons. The van der Waals surface area contributed by atoms with Gasteiger partial charge in [-0.25, -0.2) is 0 Å². The van der Waals surface area contributed by atoms with Crippen LogP contribution in [0, 0.1) is 0 Å². The lowest BCUT2D eigenvalue weighted by atomic mass is 10.2. The van der Waals surface area contributed by atoms with Crippen LogP contribution in [0.1, 0.15) is 10.4 Å². The predicted octanol–water partition coefficient (Wildman–Crippen LogP) is 1.97. The number of benzene rings is 2. The molecule has 2 N–H and O–H groups in total. The van der Waals surface area contributed by atoms with Gasteiger partial charge in [-0.15, -0.1) is 0 Å². The van der Waals surface area contributed by atoms with Crippen LogP contribution in [0.25, 0.3) is 0 Å². The average Bonchev–Trinajstić information content (AvgIpc) is 2.61. The average molecular weight is 393 g/mol. The Kier molecular flexibility index (Phi) is 6.14. The Labute approximate surface area is 162 Å². The van der Waals surface area contributed by atoms with Crippen molar-refractivity contribution in [3.05, 3.63) is 64.1 Å². The largest absolute Gasteiger partial charge is 0.327 e. The summed E-state index contributed by atoms with van der Waals surface area (Å²) in [4.78, 5) is 27.7. The van der Waals surface area contributed by atoms with E-state index >= 15 is 0 Å². The third kappa shape index (κ3) is 4.97. The number of rotatable bonds is 4. The maximum atomic E-state index is 12.4. The first-order valence-electron chi connectivity index (χ1n) is 8.45. The molecule has 0 unspecified atom stereocenters. The normalized spacial score (nSPS) is 14.9. The molecule has 1 fully saturated rings. The molecule has 0 saturated carbocycles. The summed E-state index contributed by atoms with van der Waals surface area (Å²) >= 11 is 11.9. The lowest BCUT2D eigenvalue weighted by Crippen LogP contribution is -3.15. The van der Waals surface area contributed by atoms with Crippen LogP contribution in [-0.2, 0) is 4.79 Å². The minimum Gasteiger partial charge on any atom is -0.327 e. The number of hydrogen-bond donors (Lipinski definition) is 2. The number of nitrogens with one attached hydrogen (secondary N) is 2. The standard InChI is InChI=1S/C19H19Cl2N3O2/c20-15-10-16(21)12-17(11-15)22-18(25)13-23-6-8-24(9-7-23)19(26)14-4-2-1-3-5-14/h1-5,10-12H,6-9,13H2,(H,22,25)/p+1. The molecule has 2 aromatic carbocycles. The molecule has 2 aromatic rings. The summed E-state index contributed by atoms with van der Waals surface area (Å²) in [7, 11) is 0. The van der Waals surface area contributed by atoms with Crippen LogP contribution < -0.4 is 10.2 Å². The summed E-state index contributed by atoms with van der Waals surface area (Å²) in [5.74, 6) is -0.0520. The first kappa shape index (κ1) is 18.7. The van der Waals surface area contributed by atoms with Crippen LogP contribution in [0.4, 0.5) is 5.69 Å². The van der Waals surface area contributed by atoms with E-state index in [2.05, 4.69) is 5.32 Å². The Morgan fingerprint density at radius 2 is 1.62 bits per heavy atom. The molecule has 0 bridgehead atoms. The van der Waals surface area contributed by atoms with Gasteiger partial charge in [-0.2, -0.15) is 0 Å². The molecule has 0 aromatic heterocycles. The molecule has 1 aliphatic rings. The van der Waals surface area contributed by atoms with Crippen LogP contribution in [0.3, 0.4) is 0 Å². The van der Waals surface area contributed by atoms with Crippen molar-refractivity contribution in [1.29, 1.82) is 0 Å². The number of quaternary nitrogens is 1. The monoisotopic (exact) mass is 392 g/mol. The summed E-state index contributed by atoms with van der Waals surface area (Å²) in [5.41, 5.74) is 1.29. The fourth-order valence-corrected chi connectivity index (χ4v) is 3.55. The molecule has 2 amide bonds. The highest BCUT2D eigenvalue weighted by molar-refractivity contribution is 6.35. The highest BCUT2D eigenvalue weighted by Gasteiger charge is 2.25. The van der Waals surface area contributed by atoms with E-state index in [9.17, 15) is 9.59 Å². The number of carbonyl (C=O) groups excluding carboxylic acids is 2. The third-order valence-corrected chi connectivity index (χ3v) is 4.77. The van der Waals surface area contributed by atoms with Gasteiger partial charge in [0.1, 0.15) is 0 Å². The summed E-state index contributed by atoms with van der Waals surface area (Å²) in [6.45, 7) is 3.10. The third-order valence-electron chi connectivity index (χ3n) is 4.34. The van der Waals surface area contributed by atoms with Gasteiger partial charge in [0.15, 0.2) is 6.54 Å². The van der Waals surface area contributed by atoms with E-state index in [0.29, 0.717) is 40.9 Å². The van der Waals surface area contributed by atoms with Gasteiger partial charge in [-0.1, -0.05) is 41.4 Å². The number of amides is 2. The van der Waals surface area contributed by atoms with Crippen LogP contribution in [0.15, 0.2) is 48.5 Å². The molecule has 1 heterocycles. The molecule has 3 rings (SSSR count). The molecule has 0 atom stereocenters. The van der Waals surface area contributed by atoms with Crippen molar-refractivity contribution < 1.29 is 14.5 Å². The summed E-state index contributed by atoms with van der Waals surface area (Å²) in [6.07, 6.45) is 0. The van der Waals surface area contributed by atoms with E-state index in [1.807, 2.05) is 35.2 Å². The minimum atomic E-state index is -0.0961. The van der Waals surface area contributed by atoms with Crippen molar-refractivity contribution in [3.8, 4) is 0 Å². The van der Waals surface area contributed by atoms with Gasteiger partial charge in [-0.05, 0) is 30.3 Å². The number of nitrogens with zero attached hydrogens (tertiary/aromatic N) is 1. The zero-order chi connectivity index (χ0) is 18.5. The summed E-state index contributed by atoms with van der Waals surface area (Å²) in [5, 5.41) is 3.78. The smallest absolute Gasteiger partial charge is 0.279 e. The van der Waals surface area contributed by atoms with Crippen molar-refractivity contribution in [1.82, 2.24) is 4.90 Å². The molecule has 26 heavy (non-hydrogen) atoms. The van der Waals surface area contributed by atoms with Gasteiger partial charge in [0.2, 0.25) is 0 Å². The van der Waals surface area contributed by atoms with Crippen LogP contribution in [0.2, 0.25) is 10.0 Å². The Morgan fingerprint density at radius 3 is 2.23 bits per heavy atom. The second-order valence-corrected chi connectivity index (χ2v) is 7.16. The molecule has 7 heteroatoms. The van der Waals surface area contributed by atoms with Crippen molar-refractivity contribution >= 4 is 40.7 Å². The molecule has 0 aliphatic carbocycles. The van der Waals surface area contributed by atoms with Gasteiger partial charge in [0, 0.05) is 21.3 Å².